The van der Waals surface area contributed by atoms with Gasteiger partial charge in [0, 0.05) is 11.8 Å². The number of hydrogen-bond donors (Lipinski definition) is 2. The van der Waals surface area contributed by atoms with Crippen LogP contribution in [0.1, 0.15) is 36.7 Å². The maximum Gasteiger partial charge on any atom is 0.412 e. The third kappa shape index (κ3) is 7.42. The minimum atomic E-state index is -0.804. The van der Waals surface area contributed by atoms with E-state index in [4.69, 9.17) is 9.47 Å². The third-order valence-corrected chi connectivity index (χ3v) is 3.70. The summed E-state index contributed by atoms with van der Waals surface area (Å²) in [4.78, 5) is 46.7. The topological polar surface area (TPSA) is 137 Å². The van der Waals surface area contributed by atoms with E-state index in [9.17, 15) is 24.5 Å². The van der Waals surface area contributed by atoms with Gasteiger partial charge in [-0.25, -0.2) is 9.59 Å². The summed E-state index contributed by atoms with van der Waals surface area (Å²) < 4.78 is 10.1. The van der Waals surface area contributed by atoms with Gasteiger partial charge in [-0.3, -0.25) is 20.2 Å². The molecule has 164 valence electrons. The van der Waals surface area contributed by atoms with Gasteiger partial charge in [-0.1, -0.05) is 12.1 Å². The van der Waals surface area contributed by atoms with Crippen LogP contribution in [0.2, 0.25) is 0 Å². The molecule has 2 aromatic carbocycles. The predicted molar refractivity (Wildman–Crippen MR) is 113 cm³/mol. The first kappa shape index (κ1) is 23.3. The lowest BCUT2D eigenvalue weighted by atomic mass is 10.2. The lowest BCUT2D eigenvalue weighted by Crippen LogP contribution is -2.27. The number of aryl methyl sites for hydroxylation is 1. The molecule has 2 amide bonds. The molecule has 0 saturated carbocycles. The molecule has 0 atom stereocenters. The van der Waals surface area contributed by atoms with E-state index >= 15 is 0 Å². The van der Waals surface area contributed by atoms with Crippen molar-refractivity contribution in [2.45, 2.75) is 33.3 Å². The third-order valence-electron chi connectivity index (χ3n) is 3.70. The quantitative estimate of drug-likeness (QED) is 0.401. The van der Waals surface area contributed by atoms with Crippen LogP contribution in [0.3, 0.4) is 0 Å². The molecule has 0 radical (unpaired) electrons. The number of nitrogens with one attached hydrogen (secondary N) is 2. The molecule has 0 aliphatic carbocycles. The van der Waals surface area contributed by atoms with Crippen molar-refractivity contribution in [2.75, 3.05) is 17.2 Å². The zero-order valence-electron chi connectivity index (χ0n) is 17.6. The van der Waals surface area contributed by atoms with Crippen LogP contribution in [0.5, 0.6) is 0 Å². The molecular formula is C21H23N3O7. The molecule has 0 aromatic heterocycles. The van der Waals surface area contributed by atoms with Crippen LogP contribution in [0.15, 0.2) is 42.5 Å². The van der Waals surface area contributed by atoms with E-state index in [2.05, 4.69) is 10.6 Å². The van der Waals surface area contributed by atoms with E-state index < -0.39 is 35.1 Å². The van der Waals surface area contributed by atoms with Gasteiger partial charge in [0.1, 0.15) is 11.3 Å². The molecule has 0 aliphatic heterocycles. The largest absolute Gasteiger partial charge is 0.452 e. The van der Waals surface area contributed by atoms with Crippen molar-refractivity contribution in [2.24, 2.45) is 0 Å². The Bertz CT molecular complexity index is 1010. The zero-order valence-corrected chi connectivity index (χ0v) is 17.6. The molecule has 2 N–H and O–H groups in total. The number of hydrogen-bond acceptors (Lipinski definition) is 7. The summed E-state index contributed by atoms with van der Waals surface area (Å²) in [7, 11) is 0. The Hall–Kier alpha value is -3.95. The highest BCUT2D eigenvalue weighted by molar-refractivity contribution is 5.97. The molecule has 10 nitrogen and oxygen atoms in total. The molecule has 2 rings (SSSR count). The average molecular weight is 429 g/mol. The molecule has 0 heterocycles. The molecule has 10 heteroatoms. The number of anilines is 2. The van der Waals surface area contributed by atoms with Crippen molar-refractivity contribution in [1.29, 1.82) is 0 Å². The SMILES string of the molecule is Cc1ccc(NC(=O)COC(=O)c2cccc(NC(=O)OC(C)(C)C)c2)c([N+](=O)[O-])c1. The maximum absolute atomic E-state index is 12.2. The van der Waals surface area contributed by atoms with Gasteiger partial charge in [0.25, 0.3) is 11.6 Å². The van der Waals surface area contributed by atoms with Crippen LogP contribution in [0.25, 0.3) is 0 Å². The number of amides is 2. The number of nitro benzene ring substituents is 1. The van der Waals surface area contributed by atoms with Gasteiger partial charge in [0.05, 0.1) is 10.5 Å². The summed E-state index contributed by atoms with van der Waals surface area (Å²) in [5, 5.41) is 16.0. The molecule has 0 fully saturated rings. The number of esters is 1. The Balaban J connectivity index is 1.96. The summed E-state index contributed by atoms with van der Waals surface area (Å²) in [6.07, 6.45) is -0.683. The summed E-state index contributed by atoms with van der Waals surface area (Å²) in [5.41, 5.74) is 0.128. The maximum atomic E-state index is 12.2. The Labute approximate surface area is 178 Å². The van der Waals surface area contributed by atoms with Gasteiger partial charge < -0.3 is 14.8 Å². The van der Waals surface area contributed by atoms with E-state index in [1.54, 1.807) is 39.8 Å². The first-order valence-corrected chi connectivity index (χ1v) is 9.27. The van der Waals surface area contributed by atoms with Gasteiger partial charge in [-0.15, -0.1) is 0 Å². The summed E-state index contributed by atoms with van der Waals surface area (Å²) >= 11 is 0. The number of nitrogens with zero attached hydrogens (tertiary/aromatic N) is 1. The second-order valence-electron chi connectivity index (χ2n) is 7.61. The van der Waals surface area contributed by atoms with Gasteiger partial charge in [0.2, 0.25) is 0 Å². The van der Waals surface area contributed by atoms with Gasteiger partial charge in [-0.2, -0.15) is 0 Å². The van der Waals surface area contributed by atoms with Crippen molar-refractivity contribution in [3.05, 3.63) is 63.7 Å². The van der Waals surface area contributed by atoms with E-state index in [0.717, 1.165) is 0 Å². The van der Waals surface area contributed by atoms with E-state index in [-0.39, 0.29) is 16.9 Å². The standard InChI is InChI=1S/C21H23N3O7/c1-13-8-9-16(17(10-13)24(28)29)23-18(25)12-30-19(26)14-6-5-7-15(11-14)22-20(27)31-21(2,3)4/h5-11H,12H2,1-4H3,(H,22,27)(H,23,25). The monoisotopic (exact) mass is 429 g/mol. The average Bonchev–Trinajstić information content (AvgIpc) is 2.66. The number of benzene rings is 2. The second kappa shape index (κ2) is 9.70. The summed E-state index contributed by atoms with van der Waals surface area (Å²) in [6, 6.07) is 10.2. The van der Waals surface area contributed by atoms with Gasteiger partial charge >= 0.3 is 12.1 Å². The Morgan fingerprint density at radius 1 is 1.06 bits per heavy atom. The van der Waals surface area contributed by atoms with E-state index in [1.165, 1.54) is 30.3 Å². The number of ether oxygens (including phenoxy) is 2. The lowest BCUT2D eigenvalue weighted by molar-refractivity contribution is -0.384. The molecule has 31 heavy (non-hydrogen) atoms. The fraction of sp³-hybridized carbons (Fsp3) is 0.286. The van der Waals surface area contributed by atoms with Crippen molar-refractivity contribution in [3.8, 4) is 0 Å². The molecule has 0 unspecified atom stereocenters. The molecule has 0 aliphatic rings. The minimum absolute atomic E-state index is 0.000192. The predicted octanol–water partition coefficient (Wildman–Crippen LogP) is 4.05. The fourth-order valence-electron chi connectivity index (χ4n) is 2.44. The van der Waals surface area contributed by atoms with Crippen molar-refractivity contribution >= 4 is 35.0 Å². The molecule has 2 aromatic rings. The second-order valence-corrected chi connectivity index (χ2v) is 7.61. The molecular weight excluding hydrogens is 406 g/mol. The van der Waals surface area contributed by atoms with Crippen molar-refractivity contribution < 1.29 is 28.8 Å². The number of carbonyl (C=O) groups is 3. The van der Waals surface area contributed by atoms with Crippen LogP contribution in [-0.2, 0) is 14.3 Å². The smallest absolute Gasteiger partial charge is 0.412 e. The van der Waals surface area contributed by atoms with Crippen LogP contribution in [0.4, 0.5) is 21.9 Å². The first-order valence-electron chi connectivity index (χ1n) is 9.27. The van der Waals surface area contributed by atoms with Gasteiger partial charge in [0.15, 0.2) is 6.61 Å². The molecule has 0 saturated heterocycles. The molecule has 0 bridgehead atoms. The normalized spacial score (nSPS) is 10.7. The molecule has 0 spiro atoms. The Morgan fingerprint density at radius 3 is 2.42 bits per heavy atom. The van der Waals surface area contributed by atoms with Crippen LogP contribution in [-0.4, -0.2) is 35.1 Å². The number of carbonyl (C=O) groups excluding carboxylic acids is 3. The van der Waals surface area contributed by atoms with Crippen molar-refractivity contribution in [1.82, 2.24) is 0 Å². The highest BCUT2D eigenvalue weighted by atomic mass is 16.6. The summed E-state index contributed by atoms with van der Waals surface area (Å²) in [5.74, 6) is -1.54. The van der Waals surface area contributed by atoms with E-state index in [0.29, 0.717) is 11.3 Å². The van der Waals surface area contributed by atoms with E-state index in [1.807, 2.05) is 0 Å². The highest BCUT2D eigenvalue weighted by Gasteiger charge is 2.19. The van der Waals surface area contributed by atoms with Crippen LogP contribution >= 0.6 is 0 Å². The zero-order chi connectivity index (χ0) is 23.2. The Morgan fingerprint density at radius 2 is 1.77 bits per heavy atom. The van der Waals surface area contributed by atoms with Gasteiger partial charge in [-0.05, 0) is 57.5 Å². The van der Waals surface area contributed by atoms with Crippen molar-refractivity contribution in [3.63, 3.8) is 0 Å². The van der Waals surface area contributed by atoms with Crippen LogP contribution in [0, 0.1) is 17.0 Å². The summed E-state index contributed by atoms with van der Waals surface area (Å²) in [6.45, 7) is 6.20. The first-order chi connectivity index (χ1) is 14.4. The number of rotatable bonds is 6. The van der Waals surface area contributed by atoms with Crippen LogP contribution < -0.4 is 10.6 Å². The Kier molecular flexibility index (Phi) is 7.30. The minimum Gasteiger partial charge on any atom is -0.452 e. The number of nitro groups is 1. The lowest BCUT2D eigenvalue weighted by Gasteiger charge is -2.19. The highest BCUT2D eigenvalue weighted by Crippen LogP contribution is 2.25. The fourth-order valence-corrected chi connectivity index (χ4v) is 2.44.